The van der Waals surface area contributed by atoms with Crippen LogP contribution in [-0.4, -0.2) is 68.2 Å². The predicted molar refractivity (Wildman–Crippen MR) is 122 cm³/mol. The lowest BCUT2D eigenvalue weighted by Gasteiger charge is -2.58. The fraction of sp³-hybridized carbons (Fsp3) is 0.667. The van der Waals surface area contributed by atoms with Crippen molar-refractivity contribution in [1.82, 2.24) is 4.31 Å². The zero-order chi connectivity index (χ0) is 24.1. The Morgan fingerprint density at radius 2 is 1.85 bits per heavy atom. The Bertz CT molecular complexity index is 1080. The van der Waals surface area contributed by atoms with Gasteiger partial charge in [0, 0.05) is 18.8 Å². The van der Waals surface area contributed by atoms with Crippen molar-refractivity contribution in [2.75, 3.05) is 38.2 Å². The van der Waals surface area contributed by atoms with Crippen LogP contribution in [0.1, 0.15) is 44.1 Å². The number of sulfonamides is 1. The molecule has 10 heteroatoms. The zero-order valence-corrected chi connectivity index (χ0v) is 20.2. The molecule has 186 valence electrons. The van der Waals surface area contributed by atoms with E-state index >= 15 is 0 Å². The third-order valence-corrected chi connectivity index (χ3v) is 9.78. The van der Waals surface area contributed by atoms with Gasteiger partial charge in [0.05, 0.1) is 29.1 Å². The first-order chi connectivity index (χ1) is 16.1. The van der Waals surface area contributed by atoms with Crippen molar-refractivity contribution in [3.8, 4) is 0 Å². The Kier molecular flexibility index (Phi) is 5.99. The van der Waals surface area contributed by atoms with Gasteiger partial charge in [0.2, 0.25) is 10.0 Å². The first kappa shape index (κ1) is 23.7. The summed E-state index contributed by atoms with van der Waals surface area (Å²) in [6, 6.07) is 4.60. The van der Waals surface area contributed by atoms with E-state index in [1.54, 1.807) is 13.0 Å². The van der Waals surface area contributed by atoms with Crippen molar-refractivity contribution >= 4 is 27.6 Å². The minimum atomic E-state index is -3.70. The van der Waals surface area contributed by atoms with Gasteiger partial charge < -0.3 is 19.9 Å². The fourth-order valence-electron chi connectivity index (χ4n) is 6.76. The molecule has 9 nitrogen and oxygen atoms in total. The van der Waals surface area contributed by atoms with E-state index in [4.69, 9.17) is 9.47 Å². The normalized spacial score (nSPS) is 33.0. The van der Waals surface area contributed by atoms with Crippen LogP contribution in [0.25, 0.3) is 0 Å². The third kappa shape index (κ3) is 4.36. The molecule has 1 saturated heterocycles. The maximum atomic E-state index is 13.0. The number of benzene rings is 1. The number of carbonyl (C=O) groups excluding carboxylic acids is 2. The molecule has 0 radical (unpaired) electrons. The number of hydrogen-bond donors (Lipinski definition) is 2. The molecule has 0 aromatic heterocycles. The maximum absolute atomic E-state index is 13.0. The molecule has 0 spiro atoms. The van der Waals surface area contributed by atoms with Crippen LogP contribution in [0.3, 0.4) is 0 Å². The van der Waals surface area contributed by atoms with Crippen molar-refractivity contribution in [1.29, 1.82) is 0 Å². The van der Waals surface area contributed by atoms with Gasteiger partial charge in [-0.25, -0.2) is 8.42 Å². The van der Waals surface area contributed by atoms with E-state index < -0.39 is 39.5 Å². The highest BCUT2D eigenvalue weighted by Gasteiger charge is 2.60. The summed E-state index contributed by atoms with van der Waals surface area (Å²) in [5.74, 6) is -0.255. The van der Waals surface area contributed by atoms with Crippen molar-refractivity contribution in [3.05, 3.63) is 23.8 Å². The van der Waals surface area contributed by atoms with Gasteiger partial charge in [-0.2, -0.15) is 4.31 Å². The van der Waals surface area contributed by atoms with Crippen LogP contribution >= 0.6 is 0 Å². The standard InChI is InChI=1S/C24H32N2O7S/c1-16-2-3-19(34(30,31)26-4-6-32-7-5-26)9-20(16)25-21(27)14-33-22(28)23-10-17-8-18(11-23)13-24(29,12-17)15-23/h2-3,9,17-18,29H,4-8,10-15H2,1H3,(H,25,27). The van der Waals surface area contributed by atoms with Crippen LogP contribution in [0, 0.1) is 24.2 Å². The quantitative estimate of drug-likeness (QED) is 0.581. The number of anilines is 1. The summed E-state index contributed by atoms with van der Waals surface area (Å²) in [5.41, 5.74) is -0.417. The SMILES string of the molecule is Cc1ccc(S(=O)(=O)N2CCOCC2)cc1NC(=O)COC(=O)C12CC3CC(CC(O)(C3)C1)C2. The number of carbonyl (C=O) groups is 2. The largest absolute Gasteiger partial charge is 0.455 e. The molecule has 2 N–H and O–H groups in total. The molecule has 1 amide bonds. The first-order valence-corrected chi connectivity index (χ1v) is 13.4. The van der Waals surface area contributed by atoms with Crippen LogP contribution in [0.4, 0.5) is 5.69 Å². The fourth-order valence-corrected chi connectivity index (χ4v) is 8.19. The van der Waals surface area contributed by atoms with Crippen LogP contribution < -0.4 is 5.32 Å². The molecule has 2 atom stereocenters. The third-order valence-electron chi connectivity index (χ3n) is 7.89. The number of morpholine rings is 1. The Hall–Kier alpha value is -2.01. The molecule has 1 aliphatic heterocycles. The van der Waals surface area contributed by atoms with E-state index in [1.807, 2.05) is 0 Å². The molecule has 6 rings (SSSR count). The van der Waals surface area contributed by atoms with Crippen molar-refractivity contribution in [3.63, 3.8) is 0 Å². The second-order valence-electron chi connectivity index (χ2n) is 10.6. The van der Waals surface area contributed by atoms with Crippen LogP contribution in [0.2, 0.25) is 0 Å². The molecule has 1 aromatic carbocycles. The molecule has 1 heterocycles. The Labute approximate surface area is 199 Å². The Balaban J connectivity index is 1.23. The minimum absolute atomic E-state index is 0.0918. The maximum Gasteiger partial charge on any atom is 0.312 e. The van der Waals surface area contributed by atoms with Gasteiger partial charge in [-0.05, 0) is 75.0 Å². The predicted octanol–water partition coefficient (Wildman–Crippen LogP) is 1.83. The van der Waals surface area contributed by atoms with Crippen LogP contribution in [-0.2, 0) is 29.1 Å². The molecule has 34 heavy (non-hydrogen) atoms. The number of aliphatic hydroxyl groups is 1. The van der Waals surface area contributed by atoms with Gasteiger partial charge in [-0.15, -0.1) is 0 Å². The van der Waals surface area contributed by atoms with E-state index in [2.05, 4.69) is 5.32 Å². The number of aryl methyl sites for hydroxylation is 1. The van der Waals surface area contributed by atoms with Crippen molar-refractivity contribution in [2.24, 2.45) is 17.3 Å². The summed E-state index contributed by atoms with van der Waals surface area (Å²) in [6.07, 6.45) is 4.40. The molecule has 2 unspecified atom stereocenters. The second kappa shape index (κ2) is 8.58. The lowest BCUT2D eigenvalue weighted by atomic mass is 9.48. The van der Waals surface area contributed by atoms with Crippen LogP contribution in [0.5, 0.6) is 0 Å². The number of amides is 1. The Morgan fingerprint density at radius 3 is 2.50 bits per heavy atom. The molecule has 4 bridgehead atoms. The second-order valence-corrected chi connectivity index (χ2v) is 12.5. The number of nitrogens with zero attached hydrogens (tertiary/aromatic N) is 1. The van der Waals surface area contributed by atoms with E-state index in [0.29, 0.717) is 55.6 Å². The summed E-state index contributed by atoms with van der Waals surface area (Å²) >= 11 is 0. The monoisotopic (exact) mass is 492 g/mol. The lowest BCUT2D eigenvalue weighted by molar-refractivity contribution is -0.196. The zero-order valence-electron chi connectivity index (χ0n) is 19.4. The average Bonchev–Trinajstić information content (AvgIpc) is 2.77. The van der Waals surface area contributed by atoms with Gasteiger partial charge in [0.25, 0.3) is 5.91 Å². The number of esters is 1. The molecular formula is C24H32N2O7S. The molecule has 4 aliphatic carbocycles. The summed E-state index contributed by atoms with van der Waals surface area (Å²) in [7, 11) is -3.70. The first-order valence-electron chi connectivity index (χ1n) is 12.0. The van der Waals surface area contributed by atoms with Gasteiger partial charge in [0.15, 0.2) is 6.61 Å². The molecule has 5 fully saturated rings. The highest BCUT2D eigenvalue weighted by Crippen LogP contribution is 2.61. The molecular weight excluding hydrogens is 460 g/mol. The highest BCUT2D eigenvalue weighted by molar-refractivity contribution is 7.89. The highest BCUT2D eigenvalue weighted by atomic mass is 32.2. The lowest BCUT2D eigenvalue weighted by Crippen LogP contribution is -2.58. The van der Waals surface area contributed by atoms with Gasteiger partial charge >= 0.3 is 5.97 Å². The summed E-state index contributed by atoms with van der Waals surface area (Å²) < 4.78 is 37.9. The topological polar surface area (TPSA) is 122 Å². The summed E-state index contributed by atoms with van der Waals surface area (Å²) in [4.78, 5) is 25.7. The van der Waals surface area contributed by atoms with Gasteiger partial charge in [-0.1, -0.05) is 6.07 Å². The molecule has 4 saturated carbocycles. The number of hydrogen-bond acceptors (Lipinski definition) is 7. The average molecular weight is 493 g/mol. The van der Waals surface area contributed by atoms with E-state index in [-0.39, 0.29) is 18.0 Å². The summed E-state index contributed by atoms with van der Waals surface area (Å²) in [5, 5.41) is 13.5. The minimum Gasteiger partial charge on any atom is -0.455 e. The Morgan fingerprint density at radius 1 is 1.18 bits per heavy atom. The van der Waals surface area contributed by atoms with E-state index in [9.17, 15) is 23.1 Å². The molecule has 1 aromatic rings. The van der Waals surface area contributed by atoms with Gasteiger partial charge in [-0.3, -0.25) is 9.59 Å². The number of rotatable bonds is 6. The van der Waals surface area contributed by atoms with Crippen LogP contribution in [0.15, 0.2) is 23.1 Å². The van der Waals surface area contributed by atoms with Crippen molar-refractivity contribution < 1.29 is 32.6 Å². The van der Waals surface area contributed by atoms with E-state index in [1.165, 1.54) is 16.4 Å². The van der Waals surface area contributed by atoms with Crippen molar-refractivity contribution in [2.45, 2.75) is 55.9 Å². The number of nitrogens with one attached hydrogen (secondary N) is 1. The molecule has 5 aliphatic rings. The van der Waals surface area contributed by atoms with E-state index in [0.717, 1.165) is 19.3 Å². The number of ether oxygens (including phenoxy) is 2. The smallest absolute Gasteiger partial charge is 0.312 e. The summed E-state index contributed by atoms with van der Waals surface area (Å²) in [6.45, 7) is 2.58. The van der Waals surface area contributed by atoms with Gasteiger partial charge in [0.1, 0.15) is 0 Å².